The van der Waals surface area contributed by atoms with Gasteiger partial charge in [-0.25, -0.2) is 4.79 Å². The second-order valence-electron chi connectivity index (χ2n) is 1.89. The minimum Gasteiger partial charge on any atom is -0.479 e. The highest BCUT2D eigenvalue weighted by molar-refractivity contribution is 14.1. The average molecular weight is 252 g/mol. The first-order valence-electron chi connectivity index (χ1n) is 2.63. The van der Waals surface area contributed by atoms with Gasteiger partial charge >= 0.3 is 5.97 Å². The lowest BCUT2D eigenvalue weighted by Crippen LogP contribution is -2.15. The van der Waals surface area contributed by atoms with Gasteiger partial charge in [-0.05, 0) is 29.5 Å². The Labute approximate surface area is 71.2 Å². The fourth-order valence-electron chi connectivity index (χ4n) is 0.598. The molecule has 0 saturated heterocycles. The molecule has 0 fully saturated rings. The molecular weight excluding hydrogens is 247 g/mol. The Balaban J connectivity index is 2.88. The van der Waals surface area contributed by atoms with Gasteiger partial charge in [0.2, 0.25) is 6.04 Å². The van der Waals surface area contributed by atoms with Crippen molar-refractivity contribution in [1.82, 2.24) is 0 Å². The van der Waals surface area contributed by atoms with Gasteiger partial charge in [0.05, 0.1) is 9.28 Å². The normalized spacial score (nSPS) is 24.0. The highest BCUT2D eigenvalue weighted by Crippen LogP contribution is 2.26. The molecule has 1 aliphatic heterocycles. The zero-order valence-electron chi connectivity index (χ0n) is 5.21. The van der Waals surface area contributed by atoms with Gasteiger partial charge < -0.3 is 5.11 Å². The molecule has 0 bridgehead atoms. The summed E-state index contributed by atoms with van der Waals surface area (Å²) < 4.78 is 0.699. The van der Waals surface area contributed by atoms with Gasteiger partial charge in [0.15, 0.2) is 0 Å². The number of carboxylic acid groups (broad SMARTS) is 1. The lowest BCUT2D eigenvalue weighted by molar-refractivity contribution is -0.137. The smallest absolute Gasteiger partial charge is 0.335 e. The summed E-state index contributed by atoms with van der Waals surface area (Å²) in [7, 11) is 0. The van der Waals surface area contributed by atoms with E-state index in [2.05, 4.69) is 10.2 Å². The minimum absolute atomic E-state index is 0.699. The summed E-state index contributed by atoms with van der Waals surface area (Å²) >= 11 is 1.95. The minimum atomic E-state index is -0.940. The number of halogens is 1. The van der Waals surface area contributed by atoms with Gasteiger partial charge in [0, 0.05) is 0 Å². The van der Waals surface area contributed by atoms with Crippen molar-refractivity contribution in [1.29, 1.82) is 0 Å². The molecule has 0 aromatic rings. The third-order valence-corrected chi connectivity index (χ3v) is 2.51. The first kappa shape index (κ1) is 7.64. The topological polar surface area (TPSA) is 62.0 Å². The van der Waals surface area contributed by atoms with Gasteiger partial charge in [-0.15, -0.1) is 0 Å². The van der Waals surface area contributed by atoms with Crippen LogP contribution in [0.2, 0.25) is 0 Å². The van der Waals surface area contributed by atoms with Crippen LogP contribution in [-0.2, 0) is 4.79 Å². The summed E-state index contributed by atoms with van der Waals surface area (Å²) in [6, 6.07) is -0.749. The zero-order valence-corrected chi connectivity index (χ0v) is 7.36. The number of carboxylic acids is 1. The zero-order chi connectivity index (χ0) is 7.72. The van der Waals surface area contributed by atoms with Gasteiger partial charge in [0.25, 0.3) is 0 Å². The van der Waals surface area contributed by atoms with Gasteiger partial charge in [-0.1, -0.05) is 0 Å². The molecule has 1 N–H and O–H groups in total. The van der Waals surface area contributed by atoms with E-state index < -0.39 is 12.0 Å². The molecule has 0 saturated carbocycles. The molecule has 4 nitrogen and oxygen atoms in total. The van der Waals surface area contributed by atoms with Crippen molar-refractivity contribution in [2.24, 2.45) is 10.2 Å². The van der Waals surface area contributed by atoms with Crippen molar-refractivity contribution >= 4 is 28.6 Å². The molecule has 0 aliphatic carbocycles. The number of aliphatic carboxylic acids is 1. The summed E-state index contributed by atoms with van der Waals surface area (Å²) in [6.45, 7) is 1.74. The largest absolute Gasteiger partial charge is 0.479 e. The maximum absolute atomic E-state index is 10.4. The van der Waals surface area contributed by atoms with Crippen LogP contribution >= 0.6 is 22.6 Å². The predicted octanol–water partition coefficient (Wildman–Crippen LogP) is 1.57. The molecule has 54 valence electrons. The summed E-state index contributed by atoms with van der Waals surface area (Å²) in [5.41, 5.74) is 0.702. The maximum Gasteiger partial charge on any atom is 0.335 e. The van der Waals surface area contributed by atoms with Crippen LogP contribution in [0, 0.1) is 0 Å². The summed E-state index contributed by atoms with van der Waals surface area (Å²) in [5.74, 6) is -0.940. The number of carbonyl (C=O) groups is 1. The second kappa shape index (κ2) is 2.65. The van der Waals surface area contributed by atoms with Crippen molar-refractivity contribution in [2.45, 2.75) is 13.0 Å². The van der Waals surface area contributed by atoms with E-state index in [1.807, 2.05) is 22.6 Å². The Hall–Kier alpha value is -0.460. The van der Waals surface area contributed by atoms with E-state index in [-0.39, 0.29) is 0 Å². The summed E-state index contributed by atoms with van der Waals surface area (Å²) in [6.07, 6.45) is 0. The summed E-state index contributed by atoms with van der Waals surface area (Å²) in [4.78, 5) is 10.4. The number of nitrogens with zero attached hydrogens (tertiary/aromatic N) is 2. The highest BCUT2D eigenvalue weighted by atomic mass is 127. The number of rotatable bonds is 1. The SMILES string of the molecule is CC1=C(I)[C@H](C(=O)O)N=N1. The Bertz CT molecular complexity index is 234. The van der Waals surface area contributed by atoms with Crippen molar-refractivity contribution < 1.29 is 9.90 Å². The van der Waals surface area contributed by atoms with Crippen LogP contribution < -0.4 is 0 Å². The van der Waals surface area contributed by atoms with Gasteiger partial charge in [-0.3, -0.25) is 0 Å². The molecule has 0 aromatic heterocycles. The third kappa shape index (κ3) is 1.18. The molecule has 0 unspecified atom stereocenters. The molecule has 1 aliphatic rings. The van der Waals surface area contributed by atoms with Crippen LogP contribution in [0.3, 0.4) is 0 Å². The lowest BCUT2D eigenvalue weighted by atomic mass is 10.3. The van der Waals surface area contributed by atoms with Gasteiger partial charge in [0.1, 0.15) is 0 Å². The van der Waals surface area contributed by atoms with Crippen LogP contribution in [-0.4, -0.2) is 17.1 Å². The molecule has 1 atom stereocenters. The van der Waals surface area contributed by atoms with E-state index in [4.69, 9.17) is 5.11 Å². The maximum atomic E-state index is 10.4. The van der Waals surface area contributed by atoms with E-state index in [1.54, 1.807) is 6.92 Å². The van der Waals surface area contributed by atoms with Crippen LogP contribution in [0.1, 0.15) is 6.92 Å². The van der Waals surface area contributed by atoms with E-state index in [0.717, 1.165) is 0 Å². The Morgan fingerprint density at radius 2 is 2.40 bits per heavy atom. The molecule has 0 amide bonds. The number of allylic oxidation sites excluding steroid dienone is 1. The molecule has 10 heavy (non-hydrogen) atoms. The predicted molar refractivity (Wildman–Crippen MR) is 43.0 cm³/mol. The average Bonchev–Trinajstić information content (AvgIpc) is 2.14. The van der Waals surface area contributed by atoms with Crippen LogP contribution in [0.15, 0.2) is 19.5 Å². The van der Waals surface area contributed by atoms with E-state index in [0.29, 0.717) is 9.28 Å². The fraction of sp³-hybridized carbons (Fsp3) is 0.400. The lowest BCUT2D eigenvalue weighted by Gasteiger charge is -1.96. The molecule has 1 rings (SSSR count). The number of hydrogen-bond donors (Lipinski definition) is 1. The number of hydrogen-bond acceptors (Lipinski definition) is 3. The van der Waals surface area contributed by atoms with Crippen molar-refractivity contribution in [3.05, 3.63) is 9.28 Å². The first-order valence-corrected chi connectivity index (χ1v) is 3.70. The Morgan fingerprint density at radius 1 is 1.80 bits per heavy atom. The van der Waals surface area contributed by atoms with Crippen molar-refractivity contribution in [3.63, 3.8) is 0 Å². The fourth-order valence-corrected chi connectivity index (χ4v) is 1.10. The Morgan fingerprint density at radius 3 is 2.60 bits per heavy atom. The molecule has 0 radical (unpaired) electrons. The highest BCUT2D eigenvalue weighted by Gasteiger charge is 2.25. The van der Waals surface area contributed by atoms with Crippen LogP contribution in [0.4, 0.5) is 0 Å². The van der Waals surface area contributed by atoms with Crippen LogP contribution in [0.5, 0.6) is 0 Å². The second-order valence-corrected chi connectivity index (χ2v) is 3.05. The van der Waals surface area contributed by atoms with E-state index >= 15 is 0 Å². The van der Waals surface area contributed by atoms with Crippen molar-refractivity contribution in [2.75, 3.05) is 0 Å². The van der Waals surface area contributed by atoms with E-state index in [9.17, 15) is 4.79 Å². The first-order chi connectivity index (χ1) is 4.63. The van der Waals surface area contributed by atoms with Gasteiger partial charge in [-0.2, -0.15) is 10.2 Å². The summed E-state index contributed by atoms with van der Waals surface area (Å²) in [5, 5.41) is 15.7. The Kier molecular flexibility index (Phi) is 2.02. The molecular formula is C5H5IN2O2. The number of azo groups is 1. The molecule has 0 spiro atoms. The quantitative estimate of drug-likeness (QED) is 0.720. The van der Waals surface area contributed by atoms with Crippen molar-refractivity contribution in [3.8, 4) is 0 Å². The van der Waals surface area contributed by atoms with Crippen LogP contribution in [0.25, 0.3) is 0 Å². The van der Waals surface area contributed by atoms with E-state index in [1.165, 1.54) is 0 Å². The third-order valence-electron chi connectivity index (χ3n) is 1.14. The molecule has 0 aromatic carbocycles. The molecule has 5 heteroatoms. The monoisotopic (exact) mass is 252 g/mol. The standard InChI is InChI=1S/C5H5IN2O2/c1-2-3(6)4(5(9)10)8-7-2/h4H,1H3,(H,9,10)/t4-/m1/s1. The molecule has 1 heterocycles.